The Kier molecular flexibility index (Phi) is 9.25. The monoisotopic (exact) mass is 549 g/mol. The van der Waals surface area contributed by atoms with Gasteiger partial charge in [-0.25, -0.2) is 13.2 Å². The van der Waals surface area contributed by atoms with Crippen LogP contribution >= 0.6 is 22.9 Å². The summed E-state index contributed by atoms with van der Waals surface area (Å²) >= 11 is 7.12. The molecule has 1 unspecified atom stereocenters. The van der Waals surface area contributed by atoms with Crippen LogP contribution in [0.5, 0.6) is 0 Å². The Bertz CT molecular complexity index is 1350. The van der Waals surface area contributed by atoms with E-state index < -0.39 is 46.0 Å². The molecule has 190 valence electrons. The molecule has 0 radical (unpaired) electrons. The van der Waals surface area contributed by atoms with Gasteiger partial charge in [0.25, 0.3) is 5.91 Å². The molecule has 8 nitrogen and oxygen atoms in total. The Morgan fingerprint density at radius 3 is 2.39 bits per heavy atom. The van der Waals surface area contributed by atoms with E-state index in [0.717, 1.165) is 10.4 Å². The highest BCUT2D eigenvalue weighted by Crippen LogP contribution is 2.36. The Hall–Kier alpha value is -3.21. The summed E-state index contributed by atoms with van der Waals surface area (Å²) in [6, 6.07) is 16.9. The highest BCUT2D eigenvalue weighted by molar-refractivity contribution is 7.91. The number of sulfone groups is 1. The summed E-state index contributed by atoms with van der Waals surface area (Å²) in [5, 5.41) is 2.93. The fourth-order valence-electron chi connectivity index (χ4n) is 3.14. The van der Waals surface area contributed by atoms with Gasteiger partial charge in [0.2, 0.25) is 0 Å². The van der Waals surface area contributed by atoms with Crippen molar-refractivity contribution in [2.24, 2.45) is 0 Å². The lowest BCUT2D eigenvalue weighted by molar-refractivity contribution is -0.152. The van der Waals surface area contributed by atoms with E-state index in [1.54, 1.807) is 19.1 Å². The number of thiophene rings is 1. The number of hydrogen-bond donors (Lipinski definition) is 1. The van der Waals surface area contributed by atoms with Crippen molar-refractivity contribution in [1.82, 2.24) is 0 Å². The molecule has 0 aliphatic heterocycles. The zero-order chi connectivity index (χ0) is 26.3. The van der Waals surface area contributed by atoms with Gasteiger partial charge in [0.1, 0.15) is 5.00 Å². The maximum atomic E-state index is 12.7. The average molecular weight is 550 g/mol. The van der Waals surface area contributed by atoms with Crippen LogP contribution in [-0.2, 0) is 28.9 Å². The van der Waals surface area contributed by atoms with Gasteiger partial charge in [0.05, 0.1) is 34.3 Å². The molecule has 0 saturated carbocycles. The topological polar surface area (TPSA) is 116 Å². The number of nitrogens with one attached hydrogen (secondary N) is 1. The molecule has 0 aliphatic carbocycles. The number of ether oxygens (including phenoxy) is 2. The summed E-state index contributed by atoms with van der Waals surface area (Å²) in [6.07, 6.45) is -1.70. The molecule has 0 spiro atoms. The first kappa shape index (κ1) is 27.4. The third-order valence-electron chi connectivity index (χ3n) is 4.95. The van der Waals surface area contributed by atoms with Crippen molar-refractivity contribution in [3.8, 4) is 10.4 Å². The number of halogens is 1. The molecule has 1 heterocycles. The summed E-state index contributed by atoms with van der Waals surface area (Å²) in [5.41, 5.74) is 1.03. The molecule has 11 heteroatoms. The third kappa shape index (κ3) is 6.93. The summed E-state index contributed by atoms with van der Waals surface area (Å²) in [6.45, 7) is 3.19. The second-order valence-electron chi connectivity index (χ2n) is 7.56. The van der Waals surface area contributed by atoms with Gasteiger partial charge in [-0.3, -0.25) is 9.59 Å². The highest BCUT2D eigenvalue weighted by Gasteiger charge is 2.25. The Balaban J connectivity index is 1.66. The van der Waals surface area contributed by atoms with Gasteiger partial charge in [0.15, 0.2) is 15.9 Å². The van der Waals surface area contributed by atoms with Crippen LogP contribution in [0.4, 0.5) is 5.00 Å². The first-order valence-corrected chi connectivity index (χ1v) is 13.8. The zero-order valence-corrected chi connectivity index (χ0v) is 21.9. The average Bonchev–Trinajstić information content (AvgIpc) is 3.27. The largest absolute Gasteiger partial charge is 0.462 e. The minimum absolute atomic E-state index is 0.0573. The van der Waals surface area contributed by atoms with Gasteiger partial charge in [-0.05, 0) is 37.6 Å². The summed E-state index contributed by atoms with van der Waals surface area (Å²) in [7, 11) is -3.82. The van der Waals surface area contributed by atoms with Crippen molar-refractivity contribution in [3.63, 3.8) is 0 Å². The van der Waals surface area contributed by atoms with E-state index in [1.165, 1.54) is 36.5 Å². The fourth-order valence-corrected chi connectivity index (χ4v) is 5.99. The van der Waals surface area contributed by atoms with E-state index in [2.05, 4.69) is 5.32 Å². The molecule has 3 rings (SSSR count). The van der Waals surface area contributed by atoms with E-state index in [4.69, 9.17) is 21.1 Å². The van der Waals surface area contributed by atoms with Crippen molar-refractivity contribution in [2.75, 3.05) is 17.7 Å². The minimum atomic E-state index is -3.82. The van der Waals surface area contributed by atoms with Crippen molar-refractivity contribution in [2.45, 2.75) is 31.3 Å². The normalized spacial score (nSPS) is 12.0. The molecule has 0 bridgehead atoms. The van der Waals surface area contributed by atoms with Gasteiger partial charge in [-0.1, -0.05) is 54.1 Å². The van der Waals surface area contributed by atoms with E-state index in [-0.39, 0.29) is 27.1 Å². The molecule has 0 fully saturated rings. The maximum absolute atomic E-state index is 12.7. The van der Waals surface area contributed by atoms with Crippen molar-refractivity contribution < 1.29 is 32.3 Å². The Morgan fingerprint density at radius 1 is 1.06 bits per heavy atom. The fraction of sp³-hybridized carbons (Fsp3) is 0.240. The van der Waals surface area contributed by atoms with Crippen molar-refractivity contribution in [1.29, 1.82) is 0 Å². The van der Waals surface area contributed by atoms with Crippen LogP contribution < -0.4 is 5.32 Å². The van der Waals surface area contributed by atoms with E-state index in [9.17, 15) is 22.8 Å². The molecule has 36 heavy (non-hydrogen) atoms. The molecule has 1 aromatic heterocycles. The first-order valence-electron chi connectivity index (χ1n) is 11.0. The summed E-state index contributed by atoms with van der Waals surface area (Å²) < 4.78 is 35.2. The summed E-state index contributed by atoms with van der Waals surface area (Å²) in [5.74, 6) is -2.66. The second kappa shape index (κ2) is 12.2. The molecule has 1 atom stereocenters. The van der Waals surface area contributed by atoms with Gasteiger partial charge < -0.3 is 14.8 Å². The predicted molar refractivity (Wildman–Crippen MR) is 138 cm³/mol. The molecular weight excluding hydrogens is 526 g/mol. The van der Waals surface area contributed by atoms with Crippen LogP contribution in [0.3, 0.4) is 0 Å². The minimum Gasteiger partial charge on any atom is -0.462 e. The number of esters is 2. The lowest BCUT2D eigenvalue weighted by atomic mass is 10.1. The van der Waals surface area contributed by atoms with Crippen molar-refractivity contribution >= 4 is 55.6 Å². The molecule has 2 aromatic carbocycles. The molecule has 0 aliphatic rings. The predicted octanol–water partition coefficient (Wildman–Crippen LogP) is 4.98. The van der Waals surface area contributed by atoms with Crippen LogP contribution in [0.1, 0.15) is 30.6 Å². The number of anilines is 1. The Labute approximate surface area is 218 Å². The summed E-state index contributed by atoms with van der Waals surface area (Å²) in [4.78, 5) is 38.1. The third-order valence-corrected chi connectivity index (χ3v) is 8.26. The van der Waals surface area contributed by atoms with Gasteiger partial charge in [-0.2, -0.15) is 0 Å². The second-order valence-corrected chi connectivity index (χ2v) is 11.1. The van der Waals surface area contributed by atoms with Crippen LogP contribution in [-0.4, -0.2) is 44.7 Å². The molecule has 1 N–H and O–H groups in total. The van der Waals surface area contributed by atoms with Crippen LogP contribution in [0.2, 0.25) is 5.02 Å². The highest BCUT2D eigenvalue weighted by atomic mass is 35.5. The smallest absolute Gasteiger partial charge is 0.341 e. The number of hydrogen-bond acceptors (Lipinski definition) is 8. The number of carbonyl (C=O) groups is 3. The number of amides is 1. The molecular formula is C25H24ClNO7S2. The molecule has 3 aromatic rings. The van der Waals surface area contributed by atoms with E-state index >= 15 is 0 Å². The van der Waals surface area contributed by atoms with Crippen LogP contribution in [0.25, 0.3) is 10.4 Å². The van der Waals surface area contributed by atoms with Crippen molar-refractivity contribution in [3.05, 3.63) is 71.2 Å². The SMILES string of the molecule is CCOC(=O)c1cc(-c2ccccc2)sc1NC(=O)C(C)OC(=O)CCS(=O)(=O)c1ccccc1Cl. The lowest BCUT2D eigenvalue weighted by Crippen LogP contribution is -2.30. The zero-order valence-electron chi connectivity index (χ0n) is 19.5. The van der Waals surface area contributed by atoms with Gasteiger partial charge in [-0.15, -0.1) is 11.3 Å². The lowest BCUT2D eigenvalue weighted by Gasteiger charge is -2.14. The van der Waals surface area contributed by atoms with Gasteiger partial charge >= 0.3 is 11.9 Å². The van der Waals surface area contributed by atoms with Crippen LogP contribution in [0.15, 0.2) is 65.6 Å². The van der Waals surface area contributed by atoms with E-state index in [1.807, 2.05) is 30.3 Å². The molecule has 0 saturated heterocycles. The van der Waals surface area contributed by atoms with E-state index in [0.29, 0.717) is 0 Å². The Morgan fingerprint density at radius 2 is 1.72 bits per heavy atom. The maximum Gasteiger partial charge on any atom is 0.341 e. The number of rotatable bonds is 10. The molecule has 1 amide bonds. The number of carbonyl (C=O) groups excluding carboxylic acids is 3. The first-order chi connectivity index (χ1) is 17.1. The number of benzene rings is 2. The van der Waals surface area contributed by atoms with Gasteiger partial charge in [0, 0.05) is 4.88 Å². The van der Waals surface area contributed by atoms with Crippen LogP contribution in [0, 0.1) is 0 Å². The standard InChI is InChI=1S/C25H24ClNO7S2/c1-3-33-25(30)18-15-20(17-9-5-4-6-10-17)35-24(18)27-23(29)16(2)34-22(28)13-14-36(31,32)21-12-8-7-11-19(21)26/h4-12,15-16H,3,13-14H2,1-2H3,(H,27,29). The quantitative estimate of drug-likeness (QED) is 0.354.